The summed E-state index contributed by atoms with van der Waals surface area (Å²) in [4.78, 5) is 4.64. The molecule has 0 radical (unpaired) electrons. The fourth-order valence-electron chi connectivity index (χ4n) is 3.27. The summed E-state index contributed by atoms with van der Waals surface area (Å²) in [6.07, 6.45) is 1.78. The zero-order valence-corrected chi connectivity index (χ0v) is 20.0. The van der Waals surface area contributed by atoms with Gasteiger partial charge in [0.1, 0.15) is 0 Å². The lowest BCUT2D eigenvalue weighted by atomic mass is 10.2. The molecule has 0 unspecified atom stereocenters. The topological polar surface area (TPSA) is 81.0 Å². The molecule has 0 fully saturated rings. The van der Waals surface area contributed by atoms with Crippen molar-refractivity contribution >= 4 is 21.8 Å². The Hall–Kier alpha value is -2.23. The van der Waals surface area contributed by atoms with Gasteiger partial charge in [-0.05, 0) is 30.2 Å². The molecule has 0 spiro atoms. The van der Waals surface area contributed by atoms with Gasteiger partial charge in [0, 0.05) is 37.1 Å². The van der Waals surface area contributed by atoms with Crippen molar-refractivity contribution < 1.29 is 8.42 Å². The molecule has 0 aliphatic carbocycles. The molecule has 3 aromatic rings. The second-order valence-electron chi connectivity index (χ2n) is 7.54. The number of hydrogen-bond acceptors (Lipinski definition) is 6. The lowest BCUT2D eigenvalue weighted by Crippen LogP contribution is -2.30. The molecule has 1 aromatic carbocycles. The third kappa shape index (κ3) is 5.53. The Balaban J connectivity index is 1.96. The highest BCUT2D eigenvalue weighted by Crippen LogP contribution is 2.29. The van der Waals surface area contributed by atoms with Crippen LogP contribution >= 0.6 is 11.8 Å². The number of hydrogen-bond donors (Lipinski definition) is 0. The first-order chi connectivity index (χ1) is 14.9. The van der Waals surface area contributed by atoms with Gasteiger partial charge in [-0.25, -0.2) is 8.42 Å². The van der Waals surface area contributed by atoms with Crippen molar-refractivity contribution in [2.45, 2.75) is 50.0 Å². The van der Waals surface area contributed by atoms with Crippen LogP contribution in [0.3, 0.4) is 0 Å². The summed E-state index contributed by atoms with van der Waals surface area (Å²) in [5, 5.41) is 9.63. The monoisotopic (exact) mass is 459 g/mol. The van der Waals surface area contributed by atoms with Gasteiger partial charge < -0.3 is 4.57 Å². The predicted molar refractivity (Wildman–Crippen MR) is 124 cm³/mol. The van der Waals surface area contributed by atoms with Crippen LogP contribution in [-0.4, -0.2) is 45.6 Å². The summed E-state index contributed by atoms with van der Waals surface area (Å²) in [6.45, 7) is 9.56. The summed E-state index contributed by atoms with van der Waals surface area (Å²) >= 11 is 1.58. The number of rotatable bonds is 10. The van der Waals surface area contributed by atoms with Crippen LogP contribution < -0.4 is 0 Å². The Bertz CT molecular complexity index is 1090. The Morgan fingerprint density at radius 1 is 1.06 bits per heavy atom. The van der Waals surface area contributed by atoms with Gasteiger partial charge in [0.15, 0.2) is 11.0 Å². The molecule has 9 heteroatoms. The van der Waals surface area contributed by atoms with Crippen LogP contribution in [-0.2, 0) is 22.3 Å². The molecule has 0 aliphatic heterocycles. The minimum atomic E-state index is -3.54. The van der Waals surface area contributed by atoms with E-state index in [-0.39, 0.29) is 4.90 Å². The maximum absolute atomic E-state index is 13.0. The van der Waals surface area contributed by atoms with E-state index in [9.17, 15) is 8.42 Å². The summed E-state index contributed by atoms with van der Waals surface area (Å²) in [7, 11) is -3.54. The third-order valence-corrected chi connectivity index (χ3v) is 7.82. The Kier molecular flexibility index (Phi) is 7.85. The molecule has 0 aliphatic rings. The summed E-state index contributed by atoms with van der Waals surface area (Å²) < 4.78 is 29.5. The van der Waals surface area contributed by atoms with E-state index in [2.05, 4.69) is 33.6 Å². The molecular formula is C22H29N5O2S2. The highest BCUT2D eigenvalue weighted by atomic mass is 32.2. The molecule has 166 valence electrons. The van der Waals surface area contributed by atoms with Crippen molar-refractivity contribution in [3.05, 3.63) is 54.4 Å². The summed E-state index contributed by atoms with van der Waals surface area (Å²) in [6, 6.07) is 12.8. The number of aromatic nitrogens is 4. The molecular weight excluding hydrogens is 430 g/mol. The van der Waals surface area contributed by atoms with Crippen LogP contribution in [0.15, 0.2) is 58.7 Å². The predicted octanol–water partition coefficient (Wildman–Crippen LogP) is 4.32. The molecule has 3 rings (SSSR count). The van der Waals surface area contributed by atoms with E-state index in [1.54, 1.807) is 36.2 Å². The average molecular weight is 460 g/mol. The molecule has 0 atom stereocenters. The maximum atomic E-state index is 13.0. The average Bonchev–Trinajstić information content (AvgIpc) is 3.15. The molecule has 7 nitrogen and oxygen atoms in total. The van der Waals surface area contributed by atoms with Gasteiger partial charge in [0.2, 0.25) is 10.0 Å². The highest BCUT2D eigenvalue weighted by molar-refractivity contribution is 7.98. The van der Waals surface area contributed by atoms with Crippen molar-refractivity contribution in [3.63, 3.8) is 0 Å². The van der Waals surface area contributed by atoms with E-state index in [1.165, 1.54) is 4.31 Å². The second kappa shape index (κ2) is 10.4. The van der Waals surface area contributed by atoms with E-state index in [0.29, 0.717) is 30.6 Å². The highest BCUT2D eigenvalue weighted by Gasteiger charge is 2.23. The first kappa shape index (κ1) is 23.4. The standard InChI is InChI=1S/C22H29N5O2S2/c1-5-26(6-2)31(28,29)20-12-9-10-18(14-20)21-24-25-22(27(21)15-17(3)4)30-16-19-11-7-8-13-23-19/h7-14,17H,5-6,15-16H2,1-4H3. The first-order valence-corrected chi connectivity index (χ1v) is 12.9. The largest absolute Gasteiger partial charge is 0.302 e. The van der Waals surface area contributed by atoms with Gasteiger partial charge >= 0.3 is 0 Å². The SMILES string of the molecule is CCN(CC)S(=O)(=O)c1cccc(-c2nnc(SCc3ccccn3)n2CC(C)C)c1. The number of benzene rings is 1. The molecule has 2 heterocycles. The van der Waals surface area contributed by atoms with Crippen LogP contribution in [0.2, 0.25) is 0 Å². The quantitative estimate of drug-likeness (QED) is 0.420. The van der Waals surface area contributed by atoms with Crippen molar-refractivity contribution in [1.29, 1.82) is 0 Å². The van der Waals surface area contributed by atoms with Crippen molar-refractivity contribution in [3.8, 4) is 11.4 Å². The van der Waals surface area contributed by atoms with Gasteiger partial charge in [-0.2, -0.15) is 4.31 Å². The van der Waals surface area contributed by atoms with E-state index in [4.69, 9.17) is 0 Å². The van der Waals surface area contributed by atoms with E-state index in [0.717, 1.165) is 23.0 Å². The zero-order chi connectivity index (χ0) is 22.4. The Labute approximate surface area is 189 Å². The van der Waals surface area contributed by atoms with E-state index >= 15 is 0 Å². The molecule has 0 amide bonds. The smallest absolute Gasteiger partial charge is 0.243 e. The molecule has 2 aromatic heterocycles. The summed E-state index contributed by atoms with van der Waals surface area (Å²) in [5.41, 5.74) is 1.71. The van der Waals surface area contributed by atoms with Crippen LogP contribution in [0.5, 0.6) is 0 Å². The van der Waals surface area contributed by atoms with Crippen molar-refractivity contribution in [1.82, 2.24) is 24.1 Å². The lowest BCUT2D eigenvalue weighted by molar-refractivity contribution is 0.445. The van der Waals surface area contributed by atoms with Crippen molar-refractivity contribution in [2.24, 2.45) is 5.92 Å². The van der Waals surface area contributed by atoms with E-state index in [1.807, 2.05) is 38.1 Å². The van der Waals surface area contributed by atoms with Gasteiger partial charge in [0.25, 0.3) is 0 Å². The lowest BCUT2D eigenvalue weighted by Gasteiger charge is -2.19. The fraction of sp³-hybridized carbons (Fsp3) is 0.409. The Morgan fingerprint density at radius 2 is 1.84 bits per heavy atom. The number of pyridine rings is 1. The van der Waals surface area contributed by atoms with Crippen molar-refractivity contribution in [2.75, 3.05) is 13.1 Å². The molecule has 0 N–H and O–H groups in total. The second-order valence-corrected chi connectivity index (χ2v) is 10.4. The Morgan fingerprint density at radius 3 is 2.48 bits per heavy atom. The summed E-state index contributed by atoms with van der Waals surface area (Å²) in [5.74, 6) is 1.74. The molecule has 0 bridgehead atoms. The van der Waals surface area contributed by atoms with Crippen LogP contribution in [0, 0.1) is 5.92 Å². The molecule has 0 saturated carbocycles. The van der Waals surface area contributed by atoms with E-state index < -0.39 is 10.0 Å². The minimum Gasteiger partial charge on any atom is -0.302 e. The first-order valence-electron chi connectivity index (χ1n) is 10.4. The van der Waals surface area contributed by atoms with Gasteiger partial charge in [-0.15, -0.1) is 10.2 Å². The molecule has 0 saturated heterocycles. The van der Waals surface area contributed by atoms with Gasteiger partial charge in [0.05, 0.1) is 10.6 Å². The van der Waals surface area contributed by atoms with Gasteiger partial charge in [-0.3, -0.25) is 4.98 Å². The number of nitrogens with zero attached hydrogens (tertiary/aromatic N) is 5. The van der Waals surface area contributed by atoms with Crippen LogP contribution in [0.1, 0.15) is 33.4 Å². The van der Waals surface area contributed by atoms with Gasteiger partial charge in [-0.1, -0.05) is 57.7 Å². The number of sulfonamides is 1. The maximum Gasteiger partial charge on any atom is 0.243 e. The number of thioether (sulfide) groups is 1. The normalized spacial score (nSPS) is 12.1. The third-order valence-electron chi connectivity index (χ3n) is 4.78. The molecule has 31 heavy (non-hydrogen) atoms. The van der Waals surface area contributed by atoms with Crippen LogP contribution in [0.4, 0.5) is 0 Å². The zero-order valence-electron chi connectivity index (χ0n) is 18.4. The van der Waals surface area contributed by atoms with Crippen LogP contribution in [0.25, 0.3) is 11.4 Å². The fourth-order valence-corrected chi connectivity index (χ4v) is 5.64. The minimum absolute atomic E-state index is 0.274.